The lowest BCUT2D eigenvalue weighted by molar-refractivity contribution is -0.128. The zero-order valence-corrected chi connectivity index (χ0v) is 10.1. The normalized spacial score (nSPS) is 26.1. The molecule has 1 aliphatic rings. The topological polar surface area (TPSA) is 44.4 Å². The summed E-state index contributed by atoms with van der Waals surface area (Å²) in [6.45, 7) is 4.99. The van der Waals surface area contributed by atoms with Gasteiger partial charge in [-0.25, -0.2) is 5.01 Å². The third kappa shape index (κ3) is 3.84. The molecule has 90 valence electrons. The molecule has 1 rings (SSSR count). The van der Waals surface area contributed by atoms with E-state index in [4.69, 9.17) is 6.42 Å². The SMILES string of the molecule is C#CCNCC(=O)NN1C(C)CCCC1C. The minimum Gasteiger partial charge on any atom is -0.298 e. The maximum Gasteiger partial charge on any atom is 0.248 e. The molecule has 2 atom stereocenters. The molecular weight excluding hydrogens is 202 g/mol. The van der Waals surface area contributed by atoms with Gasteiger partial charge in [0.1, 0.15) is 0 Å². The molecule has 16 heavy (non-hydrogen) atoms. The Balaban J connectivity index is 2.33. The quantitative estimate of drug-likeness (QED) is 0.539. The summed E-state index contributed by atoms with van der Waals surface area (Å²) in [5, 5.41) is 4.94. The number of amides is 1. The van der Waals surface area contributed by atoms with Crippen LogP contribution in [0.25, 0.3) is 0 Å². The highest BCUT2D eigenvalue weighted by atomic mass is 16.2. The van der Waals surface area contributed by atoms with Gasteiger partial charge in [0.2, 0.25) is 5.91 Å². The molecule has 0 aromatic carbocycles. The molecule has 1 saturated heterocycles. The molecule has 4 heteroatoms. The molecule has 0 bridgehead atoms. The number of nitrogens with zero attached hydrogens (tertiary/aromatic N) is 1. The second kappa shape index (κ2) is 6.51. The Morgan fingerprint density at radius 1 is 1.44 bits per heavy atom. The number of carbonyl (C=O) groups excluding carboxylic acids is 1. The van der Waals surface area contributed by atoms with Gasteiger partial charge in [-0.2, -0.15) is 0 Å². The standard InChI is InChI=1S/C12H21N3O/c1-4-8-13-9-12(16)14-15-10(2)6-5-7-11(15)3/h1,10-11,13H,5-9H2,2-3H3,(H,14,16). The average Bonchev–Trinajstić information content (AvgIpc) is 2.24. The first-order valence-corrected chi connectivity index (χ1v) is 5.87. The number of hydrogen-bond acceptors (Lipinski definition) is 3. The number of nitrogens with one attached hydrogen (secondary N) is 2. The van der Waals surface area contributed by atoms with Gasteiger partial charge in [-0.05, 0) is 26.7 Å². The first kappa shape index (κ1) is 13.0. The third-order valence-corrected chi connectivity index (χ3v) is 2.96. The third-order valence-electron chi connectivity index (χ3n) is 2.96. The minimum atomic E-state index is -0.0177. The van der Waals surface area contributed by atoms with Crippen LogP contribution in [0.15, 0.2) is 0 Å². The van der Waals surface area contributed by atoms with Gasteiger partial charge < -0.3 is 0 Å². The van der Waals surface area contributed by atoms with Crippen molar-refractivity contribution in [3.8, 4) is 12.3 Å². The lowest BCUT2D eigenvalue weighted by atomic mass is 10.00. The smallest absolute Gasteiger partial charge is 0.248 e. The summed E-state index contributed by atoms with van der Waals surface area (Å²) in [5.41, 5.74) is 2.94. The number of carbonyl (C=O) groups is 1. The zero-order valence-electron chi connectivity index (χ0n) is 10.1. The van der Waals surface area contributed by atoms with Gasteiger partial charge in [0, 0.05) is 12.1 Å². The van der Waals surface area contributed by atoms with Gasteiger partial charge in [-0.1, -0.05) is 12.3 Å². The Hall–Kier alpha value is -1.05. The summed E-state index contributed by atoms with van der Waals surface area (Å²) in [5.74, 6) is 2.42. The number of piperidine rings is 1. The van der Waals surface area contributed by atoms with Crippen molar-refractivity contribution < 1.29 is 4.79 Å². The van der Waals surface area contributed by atoms with Gasteiger partial charge in [-0.15, -0.1) is 6.42 Å². The Morgan fingerprint density at radius 3 is 2.62 bits per heavy atom. The van der Waals surface area contributed by atoms with E-state index in [0.29, 0.717) is 18.6 Å². The van der Waals surface area contributed by atoms with Gasteiger partial charge in [0.15, 0.2) is 0 Å². The fraction of sp³-hybridized carbons (Fsp3) is 0.750. The summed E-state index contributed by atoms with van der Waals surface area (Å²) < 4.78 is 0. The summed E-state index contributed by atoms with van der Waals surface area (Å²) in [4.78, 5) is 11.6. The van der Waals surface area contributed by atoms with E-state index < -0.39 is 0 Å². The molecule has 0 aromatic heterocycles. The number of terminal acetylenes is 1. The first-order chi connectivity index (χ1) is 7.65. The van der Waals surface area contributed by atoms with Crippen LogP contribution in [0, 0.1) is 12.3 Å². The van der Waals surface area contributed by atoms with E-state index in [2.05, 4.69) is 35.5 Å². The van der Waals surface area contributed by atoms with E-state index in [0.717, 1.165) is 12.8 Å². The van der Waals surface area contributed by atoms with Crippen molar-refractivity contribution in [1.82, 2.24) is 15.8 Å². The molecule has 2 unspecified atom stereocenters. The average molecular weight is 223 g/mol. The summed E-state index contributed by atoms with van der Waals surface area (Å²) in [6, 6.07) is 0.834. The fourth-order valence-corrected chi connectivity index (χ4v) is 2.07. The van der Waals surface area contributed by atoms with E-state index in [9.17, 15) is 4.79 Å². The van der Waals surface area contributed by atoms with Gasteiger partial charge in [0.25, 0.3) is 0 Å². The zero-order chi connectivity index (χ0) is 12.0. The molecule has 0 spiro atoms. The first-order valence-electron chi connectivity index (χ1n) is 5.87. The minimum absolute atomic E-state index is 0.0177. The second-order valence-corrected chi connectivity index (χ2v) is 4.38. The van der Waals surface area contributed by atoms with Crippen molar-refractivity contribution in [3.63, 3.8) is 0 Å². The molecule has 1 fully saturated rings. The van der Waals surface area contributed by atoms with Crippen molar-refractivity contribution in [3.05, 3.63) is 0 Å². The monoisotopic (exact) mass is 223 g/mol. The van der Waals surface area contributed by atoms with Crippen molar-refractivity contribution >= 4 is 5.91 Å². The van der Waals surface area contributed by atoms with Crippen LogP contribution in [-0.4, -0.2) is 36.1 Å². The molecule has 1 heterocycles. The highest BCUT2D eigenvalue weighted by Crippen LogP contribution is 2.19. The molecule has 0 aromatic rings. The van der Waals surface area contributed by atoms with Crippen LogP contribution in [0.1, 0.15) is 33.1 Å². The highest BCUT2D eigenvalue weighted by Gasteiger charge is 2.25. The Bertz CT molecular complexity index is 262. The van der Waals surface area contributed by atoms with Crippen molar-refractivity contribution in [1.29, 1.82) is 0 Å². The van der Waals surface area contributed by atoms with Crippen LogP contribution in [0.3, 0.4) is 0 Å². The van der Waals surface area contributed by atoms with E-state index >= 15 is 0 Å². The molecule has 1 aliphatic heterocycles. The summed E-state index contributed by atoms with van der Waals surface area (Å²) in [6.07, 6.45) is 8.61. The van der Waals surface area contributed by atoms with Crippen LogP contribution in [0.2, 0.25) is 0 Å². The molecule has 4 nitrogen and oxygen atoms in total. The Kier molecular flexibility index (Phi) is 5.30. The van der Waals surface area contributed by atoms with Crippen LogP contribution < -0.4 is 10.7 Å². The summed E-state index contributed by atoms with van der Waals surface area (Å²) >= 11 is 0. The van der Waals surface area contributed by atoms with Crippen molar-refractivity contribution in [2.45, 2.75) is 45.2 Å². The summed E-state index contributed by atoms with van der Waals surface area (Å²) in [7, 11) is 0. The Morgan fingerprint density at radius 2 is 2.06 bits per heavy atom. The fourth-order valence-electron chi connectivity index (χ4n) is 2.07. The van der Waals surface area contributed by atoms with Crippen molar-refractivity contribution in [2.75, 3.05) is 13.1 Å². The molecule has 2 N–H and O–H groups in total. The number of rotatable bonds is 4. The maximum absolute atomic E-state index is 11.6. The van der Waals surface area contributed by atoms with Crippen LogP contribution in [0.4, 0.5) is 0 Å². The Labute approximate surface area is 97.7 Å². The molecule has 0 saturated carbocycles. The maximum atomic E-state index is 11.6. The van der Waals surface area contributed by atoms with Crippen LogP contribution in [-0.2, 0) is 4.79 Å². The molecular formula is C12H21N3O. The van der Waals surface area contributed by atoms with Gasteiger partial charge in [0.05, 0.1) is 13.1 Å². The van der Waals surface area contributed by atoms with E-state index in [1.54, 1.807) is 0 Å². The largest absolute Gasteiger partial charge is 0.298 e. The number of hydrazine groups is 1. The van der Waals surface area contributed by atoms with Gasteiger partial charge in [-0.3, -0.25) is 15.5 Å². The molecule has 0 aliphatic carbocycles. The van der Waals surface area contributed by atoms with Crippen LogP contribution in [0.5, 0.6) is 0 Å². The second-order valence-electron chi connectivity index (χ2n) is 4.38. The van der Waals surface area contributed by atoms with E-state index in [1.807, 2.05) is 0 Å². The number of hydrogen-bond donors (Lipinski definition) is 2. The molecule has 0 radical (unpaired) electrons. The predicted molar refractivity (Wildman–Crippen MR) is 64.5 cm³/mol. The lowest BCUT2D eigenvalue weighted by Crippen LogP contribution is -2.55. The van der Waals surface area contributed by atoms with E-state index in [1.165, 1.54) is 6.42 Å². The predicted octanol–water partition coefficient (Wildman–Crippen LogP) is 0.503. The highest BCUT2D eigenvalue weighted by molar-refractivity contribution is 5.77. The van der Waals surface area contributed by atoms with Crippen LogP contribution >= 0.6 is 0 Å². The lowest BCUT2D eigenvalue weighted by Gasteiger charge is -2.38. The van der Waals surface area contributed by atoms with Crippen molar-refractivity contribution in [2.24, 2.45) is 0 Å². The molecule has 1 amide bonds. The van der Waals surface area contributed by atoms with E-state index in [-0.39, 0.29) is 12.5 Å². The van der Waals surface area contributed by atoms with Gasteiger partial charge >= 0.3 is 0 Å².